The van der Waals surface area contributed by atoms with Crippen molar-refractivity contribution in [3.05, 3.63) is 339 Å². The van der Waals surface area contributed by atoms with Crippen molar-refractivity contribution in [1.29, 1.82) is 0 Å². The van der Waals surface area contributed by atoms with Crippen LogP contribution in [0.4, 0.5) is 0 Å². The molecule has 12 aromatic heterocycles. The molecular weight excluding hydrogens is 1440 g/mol. The molecule has 0 saturated heterocycles. The number of methoxy groups -OCH3 is 3. The van der Waals surface area contributed by atoms with Crippen molar-refractivity contribution < 1.29 is 14.2 Å². The van der Waals surface area contributed by atoms with E-state index >= 15 is 0 Å². The Balaban J connectivity index is 0.000000112. The highest BCUT2D eigenvalue weighted by atomic mass is 35.5. The van der Waals surface area contributed by atoms with Crippen LogP contribution < -0.4 is 14.2 Å². The van der Waals surface area contributed by atoms with E-state index in [1.807, 2.05) is 205 Å². The third-order valence-electron chi connectivity index (χ3n) is 16.8. The van der Waals surface area contributed by atoms with Crippen LogP contribution in [0.3, 0.4) is 0 Å². The van der Waals surface area contributed by atoms with Gasteiger partial charge in [-0.05, 0) is 190 Å². The lowest BCUT2D eigenvalue weighted by Gasteiger charge is -2.04. The molecule has 12 heterocycles. The van der Waals surface area contributed by atoms with E-state index in [0.29, 0.717) is 30.1 Å². The van der Waals surface area contributed by atoms with Crippen LogP contribution in [0.15, 0.2) is 292 Å². The summed E-state index contributed by atoms with van der Waals surface area (Å²) in [5.41, 5.74) is 21.9. The number of rotatable bonds is 9. The van der Waals surface area contributed by atoms with Crippen molar-refractivity contribution >= 4 is 103 Å². The Morgan fingerprint density at radius 3 is 0.971 bits per heavy atom. The van der Waals surface area contributed by atoms with Gasteiger partial charge in [0.25, 0.3) is 0 Å². The molecule has 18 aromatic rings. The molecule has 15 nitrogen and oxygen atoms in total. The van der Waals surface area contributed by atoms with Crippen LogP contribution in [0.1, 0.15) is 16.7 Å². The Morgan fingerprint density at radius 1 is 0.248 bits per heavy atom. The van der Waals surface area contributed by atoms with Gasteiger partial charge in [0.15, 0.2) is 0 Å². The van der Waals surface area contributed by atoms with E-state index in [0.717, 1.165) is 118 Å². The third-order valence-corrected chi connectivity index (χ3v) is 18.1. The number of hydrogen-bond donors (Lipinski definition) is 0. The molecular formula is C84H66Cl6N12O3. The molecule has 0 N–H and O–H groups in total. The summed E-state index contributed by atoms with van der Waals surface area (Å²) >= 11 is 35.6. The lowest BCUT2D eigenvalue weighted by molar-refractivity contribution is 0.415. The molecule has 0 aliphatic carbocycles. The highest BCUT2D eigenvalue weighted by molar-refractivity contribution is 6.32. The lowest BCUT2D eigenvalue weighted by Crippen LogP contribution is -1.89. The number of benzene rings is 6. The largest absolute Gasteiger partial charge is 0.497 e. The summed E-state index contributed by atoms with van der Waals surface area (Å²) in [4.78, 5) is 0. The number of fused-ring (bicyclic) bond motifs is 6. The third kappa shape index (κ3) is 17.8. The number of pyridine rings is 6. The summed E-state index contributed by atoms with van der Waals surface area (Å²) in [5, 5.41) is 31.1. The van der Waals surface area contributed by atoms with Crippen molar-refractivity contribution in [1.82, 2.24) is 57.7 Å². The molecule has 0 bridgehead atoms. The smallest absolute Gasteiger partial charge is 0.128 e. The van der Waals surface area contributed by atoms with Gasteiger partial charge in [0, 0.05) is 70.6 Å². The van der Waals surface area contributed by atoms with Crippen molar-refractivity contribution in [2.45, 2.75) is 20.8 Å². The quantitative estimate of drug-likeness (QED) is 0.139. The molecule has 0 aliphatic heterocycles. The minimum atomic E-state index is 0.664. The van der Waals surface area contributed by atoms with Gasteiger partial charge < -0.3 is 14.2 Å². The van der Waals surface area contributed by atoms with Crippen LogP contribution in [0.2, 0.25) is 30.1 Å². The van der Waals surface area contributed by atoms with Gasteiger partial charge in [-0.15, -0.1) is 0 Å². The first kappa shape index (κ1) is 72.0. The van der Waals surface area contributed by atoms with E-state index < -0.39 is 0 Å². The molecule has 0 saturated carbocycles. The van der Waals surface area contributed by atoms with E-state index in [2.05, 4.69) is 124 Å². The average molecular weight is 1500 g/mol. The summed E-state index contributed by atoms with van der Waals surface area (Å²) < 4.78 is 26.4. The topological polar surface area (TPSA) is 131 Å². The molecule has 522 valence electrons. The fourth-order valence-electron chi connectivity index (χ4n) is 11.4. The first-order valence-electron chi connectivity index (χ1n) is 33.0. The Labute approximate surface area is 635 Å². The van der Waals surface area contributed by atoms with Gasteiger partial charge in [-0.1, -0.05) is 172 Å². The van der Waals surface area contributed by atoms with Gasteiger partial charge in [0.2, 0.25) is 0 Å². The Kier molecular flexibility index (Phi) is 22.6. The second-order valence-electron chi connectivity index (χ2n) is 24.2. The minimum absolute atomic E-state index is 0.664. The van der Waals surface area contributed by atoms with Crippen molar-refractivity contribution in [2.75, 3.05) is 21.3 Å². The van der Waals surface area contributed by atoms with Gasteiger partial charge in [0.1, 0.15) is 17.2 Å². The average Bonchev–Trinajstić information content (AvgIpc) is 1.70. The van der Waals surface area contributed by atoms with Crippen molar-refractivity contribution in [2.24, 2.45) is 0 Å². The molecule has 0 aliphatic rings. The number of para-hydroxylation sites is 1. The SMILES string of the molecule is COc1ccc(-c2cc3ccc(Cl)cn3n2)cc1.COc1cccc(-c2cc3ccc(Cl)cn3n2)c1.COc1ccccc1-c1cc2ccc(Cl)cn2n1.Cc1ccc(-c2cc3ccc(Cl)cn3n2)cc1.Cc1cccc(-c2cc3ccc(Cl)cn3n2)c1.Cc1ccccc1-c1cc2ccc(Cl)cn2n1. The zero-order valence-electron chi connectivity index (χ0n) is 57.6. The van der Waals surface area contributed by atoms with Gasteiger partial charge >= 0.3 is 0 Å². The molecule has 0 atom stereocenters. The van der Waals surface area contributed by atoms with E-state index in [1.54, 1.807) is 62.5 Å². The van der Waals surface area contributed by atoms with Crippen LogP contribution in [0.25, 0.3) is 101 Å². The van der Waals surface area contributed by atoms with E-state index in [-0.39, 0.29) is 0 Å². The summed E-state index contributed by atoms with van der Waals surface area (Å²) in [5.74, 6) is 2.47. The number of hydrogen-bond acceptors (Lipinski definition) is 9. The zero-order valence-corrected chi connectivity index (χ0v) is 62.1. The van der Waals surface area contributed by atoms with Gasteiger partial charge in [-0.25, -0.2) is 27.1 Å². The van der Waals surface area contributed by atoms with Crippen molar-refractivity contribution in [3.63, 3.8) is 0 Å². The fourth-order valence-corrected chi connectivity index (χ4v) is 12.3. The predicted octanol–water partition coefficient (Wildman–Crippen LogP) is 22.9. The molecule has 0 fully saturated rings. The fraction of sp³-hybridized carbons (Fsp3) is 0.0714. The number of aromatic nitrogens is 12. The maximum absolute atomic E-state index is 5.95. The molecule has 105 heavy (non-hydrogen) atoms. The first-order chi connectivity index (χ1) is 51.0. The summed E-state index contributed by atoms with van der Waals surface area (Å²) in [6.07, 6.45) is 10.8. The molecule has 0 spiro atoms. The van der Waals surface area contributed by atoms with Crippen LogP contribution >= 0.6 is 69.6 Å². The monoisotopic (exact) mass is 1500 g/mol. The highest BCUT2D eigenvalue weighted by Gasteiger charge is 2.13. The number of aryl methyl sites for hydroxylation is 3. The van der Waals surface area contributed by atoms with Crippen LogP contribution in [0, 0.1) is 20.8 Å². The van der Waals surface area contributed by atoms with Crippen LogP contribution in [0.5, 0.6) is 17.2 Å². The number of ether oxygens (including phenoxy) is 3. The molecule has 0 radical (unpaired) electrons. The number of halogens is 6. The van der Waals surface area contributed by atoms with E-state index in [1.165, 1.54) is 16.7 Å². The highest BCUT2D eigenvalue weighted by Crippen LogP contribution is 2.32. The summed E-state index contributed by atoms with van der Waals surface area (Å²) in [7, 11) is 4.97. The van der Waals surface area contributed by atoms with Gasteiger partial charge in [-0.3, -0.25) is 0 Å². The molecule has 21 heteroatoms. The molecule has 6 aromatic carbocycles. The second-order valence-corrected chi connectivity index (χ2v) is 26.8. The first-order valence-corrected chi connectivity index (χ1v) is 35.3. The predicted molar refractivity (Wildman–Crippen MR) is 428 cm³/mol. The maximum Gasteiger partial charge on any atom is 0.128 e. The standard InChI is InChI=1S/3C14H11ClN2O.3C14H11ClN2/c1-18-13-6-2-10(3-7-13)14-8-12-5-4-11(15)9-17(12)16-14;1-18-13-4-2-3-10(7-13)14-8-12-6-5-11(15)9-17(12)16-14;1-18-14-5-3-2-4-12(14)13-8-11-7-6-10(15)9-17(11)16-13;1-10-2-4-11(5-3-10)14-8-13-7-6-12(15)9-17(13)16-14;1-10-3-2-4-11(7-10)14-8-13-6-5-12(15)9-17(13)16-14;1-10-4-2-3-5-13(10)14-8-12-7-6-11(15)9-17(12)16-14/h3*2-9H,1H3;3*2-9H,1H3. The van der Waals surface area contributed by atoms with Crippen LogP contribution in [-0.4, -0.2) is 79.0 Å². The maximum atomic E-state index is 5.95. The molecule has 0 unspecified atom stereocenters. The number of nitrogens with zero attached hydrogens (tertiary/aromatic N) is 12. The Morgan fingerprint density at radius 2 is 0.581 bits per heavy atom. The van der Waals surface area contributed by atoms with E-state index in [9.17, 15) is 0 Å². The molecule has 18 rings (SSSR count). The summed E-state index contributed by atoms with van der Waals surface area (Å²) in [6.45, 7) is 6.25. The lowest BCUT2D eigenvalue weighted by atomic mass is 10.1. The Hall–Kier alpha value is -11.4. The Bertz CT molecular complexity index is 6040. The normalized spacial score (nSPS) is 10.9. The van der Waals surface area contributed by atoms with Gasteiger partial charge in [0.05, 0.1) is 119 Å². The van der Waals surface area contributed by atoms with Crippen LogP contribution in [-0.2, 0) is 0 Å². The van der Waals surface area contributed by atoms with E-state index in [4.69, 9.17) is 83.8 Å². The molecule has 0 amide bonds. The zero-order chi connectivity index (χ0) is 73.1. The second kappa shape index (κ2) is 32.9. The van der Waals surface area contributed by atoms with Crippen molar-refractivity contribution in [3.8, 4) is 84.8 Å². The van der Waals surface area contributed by atoms with Gasteiger partial charge in [-0.2, -0.15) is 30.6 Å². The minimum Gasteiger partial charge on any atom is -0.497 e. The summed E-state index contributed by atoms with van der Waals surface area (Å²) in [6, 6.07) is 83.5.